The monoisotopic (exact) mass is 481 g/mol. The quantitative estimate of drug-likeness (QED) is 0.429. The molecule has 0 bridgehead atoms. The summed E-state index contributed by atoms with van der Waals surface area (Å²) in [6.07, 6.45) is 2.74. The third-order valence-corrected chi connectivity index (χ3v) is 5.49. The highest BCUT2D eigenvalue weighted by molar-refractivity contribution is 7.92. The fourth-order valence-corrected chi connectivity index (χ4v) is 3.89. The fourth-order valence-electron chi connectivity index (χ4n) is 3.39. The van der Waals surface area contributed by atoms with Gasteiger partial charge in [0.1, 0.15) is 5.82 Å². The van der Waals surface area contributed by atoms with Gasteiger partial charge in [-0.25, -0.2) is 13.4 Å². The minimum atomic E-state index is -3.47. The van der Waals surface area contributed by atoms with E-state index in [1.807, 2.05) is 54.6 Å². The number of sulfonamides is 1. The number of esters is 1. The van der Waals surface area contributed by atoms with Gasteiger partial charge in [-0.2, -0.15) is 0 Å². The minimum Gasteiger partial charge on any atom is -0.466 e. The van der Waals surface area contributed by atoms with E-state index in [1.165, 1.54) is 18.3 Å². The first kappa shape index (κ1) is 24.9. The molecule has 0 aliphatic carbocycles. The van der Waals surface area contributed by atoms with Gasteiger partial charge < -0.3 is 10.1 Å². The summed E-state index contributed by atoms with van der Waals surface area (Å²) >= 11 is 0. The molecule has 2 N–H and O–H groups in total. The number of pyridine rings is 1. The second-order valence-electron chi connectivity index (χ2n) is 7.75. The van der Waals surface area contributed by atoms with Crippen molar-refractivity contribution in [3.05, 3.63) is 84.1 Å². The summed E-state index contributed by atoms with van der Waals surface area (Å²) in [6, 6.07) is 20.3. The van der Waals surface area contributed by atoms with Gasteiger partial charge in [0.15, 0.2) is 0 Å². The zero-order chi connectivity index (χ0) is 24.6. The molecule has 1 unspecified atom stereocenters. The van der Waals surface area contributed by atoms with Crippen molar-refractivity contribution in [1.82, 2.24) is 10.3 Å². The number of anilines is 1. The maximum absolute atomic E-state index is 12.8. The summed E-state index contributed by atoms with van der Waals surface area (Å²) in [7, 11) is -3.47. The number of hydrogen-bond acceptors (Lipinski definition) is 6. The molecule has 3 rings (SSSR count). The van der Waals surface area contributed by atoms with Crippen LogP contribution in [-0.4, -0.2) is 44.2 Å². The molecular weight excluding hydrogens is 454 g/mol. The third-order valence-electron chi connectivity index (χ3n) is 4.91. The smallest absolute Gasteiger partial charge is 0.307 e. The summed E-state index contributed by atoms with van der Waals surface area (Å²) in [5.41, 5.74) is 3.38. The standard InChI is InChI=1S/C25H27N3O5S/c1-3-33-24(29)16-22(15-18-9-11-20(12-10-18)19-7-5-4-6-8-19)27-25(30)21-13-14-23(26-17-21)28-34(2,31)32/h4-14,17,22H,3,15-16H2,1-2H3,(H,26,28)(H,27,30). The topological polar surface area (TPSA) is 114 Å². The summed E-state index contributed by atoms with van der Waals surface area (Å²) in [4.78, 5) is 28.9. The molecule has 0 saturated carbocycles. The SMILES string of the molecule is CCOC(=O)CC(Cc1ccc(-c2ccccc2)cc1)NC(=O)c1ccc(NS(C)(=O)=O)nc1. The van der Waals surface area contributed by atoms with Gasteiger partial charge in [0.05, 0.1) is 24.8 Å². The molecule has 34 heavy (non-hydrogen) atoms. The number of carbonyl (C=O) groups is 2. The molecule has 1 heterocycles. The van der Waals surface area contributed by atoms with Gasteiger partial charge in [0.25, 0.3) is 5.91 Å². The van der Waals surface area contributed by atoms with E-state index in [4.69, 9.17) is 4.74 Å². The Morgan fingerprint density at radius 2 is 1.65 bits per heavy atom. The molecule has 178 valence electrons. The van der Waals surface area contributed by atoms with Gasteiger partial charge in [-0.05, 0) is 42.2 Å². The van der Waals surface area contributed by atoms with Crippen LogP contribution in [0.1, 0.15) is 29.3 Å². The highest BCUT2D eigenvalue weighted by Crippen LogP contribution is 2.20. The van der Waals surface area contributed by atoms with Gasteiger partial charge in [-0.15, -0.1) is 0 Å². The molecule has 0 aliphatic rings. The van der Waals surface area contributed by atoms with Crippen molar-refractivity contribution in [3.63, 3.8) is 0 Å². The Labute approximate surface area is 199 Å². The van der Waals surface area contributed by atoms with Gasteiger partial charge in [-0.1, -0.05) is 54.6 Å². The molecule has 0 saturated heterocycles. The molecule has 0 spiro atoms. The average molecular weight is 482 g/mol. The maximum Gasteiger partial charge on any atom is 0.307 e. The van der Waals surface area contributed by atoms with Crippen LogP contribution in [0.3, 0.4) is 0 Å². The Hall–Kier alpha value is -3.72. The highest BCUT2D eigenvalue weighted by atomic mass is 32.2. The number of nitrogens with zero attached hydrogens (tertiary/aromatic N) is 1. The lowest BCUT2D eigenvalue weighted by molar-refractivity contribution is -0.143. The number of aromatic nitrogens is 1. The summed E-state index contributed by atoms with van der Waals surface area (Å²) in [6.45, 7) is 1.98. The third kappa shape index (κ3) is 7.70. The average Bonchev–Trinajstić information content (AvgIpc) is 2.79. The number of ether oxygens (including phenoxy) is 1. The normalized spacial score (nSPS) is 11.9. The van der Waals surface area contributed by atoms with Gasteiger partial charge in [0, 0.05) is 12.2 Å². The van der Waals surface area contributed by atoms with Crippen molar-refractivity contribution in [1.29, 1.82) is 0 Å². The van der Waals surface area contributed by atoms with Crippen LogP contribution in [-0.2, 0) is 26.0 Å². The number of rotatable bonds is 10. The summed E-state index contributed by atoms with van der Waals surface area (Å²) < 4.78 is 30.0. The molecule has 2 aromatic carbocycles. The zero-order valence-corrected chi connectivity index (χ0v) is 19.8. The number of carbonyl (C=O) groups excluding carboxylic acids is 2. The predicted molar refractivity (Wildman–Crippen MR) is 131 cm³/mol. The maximum atomic E-state index is 12.8. The van der Waals surface area contributed by atoms with Gasteiger partial charge in [0.2, 0.25) is 10.0 Å². The van der Waals surface area contributed by atoms with Crippen LogP contribution in [0, 0.1) is 0 Å². The molecule has 0 aliphatic heterocycles. The Morgan fingerprint density at radius 1 is 0.971 bits per heavy atom. The molecule has 0 radical (unpaired) electrons. The van der Waals surface area contributed by atoms with E-state index in [9.17, 15) is 18.0 Å². The first-order valence-corrected chi connectivity index (χ1v) is 12.7. The van der Waals surface area contributed by atoms with Crippen molar-refractivity contribution in [3.8, 4) is 11.1 Å². The van der Waals surface area contributed by atoms with Crippen LogP contribution in [0.2, 0.25) is 0 Å². The van der Waals surface area contributed by atoms with Crippen LogP contribution in [0.5, 0.6) is 0 Å². The van der Waals surface area contributed by atoms with Crippen molar-refractivity contribution in [2.24, 2.45) is 0 Å². The van der Waals surface area contributed by atoms with Crippen LogP contribution >= 0.6 is 0 Å². The molecular formula is C25H27N3O5S. The Balaban J connectivity index is 1.71. The number of amides is 1. The summed E-state index contributed by atoms with van der Waals surface area (Å²) in [5, 5.41) is 2.87. The van der Waals surface area contributed by atoms with Crippen molar-refractivity contribution in [2.45, 2.75) is 25.8 Å². The summed E-state index contributed by atoms with van der Waals surface area (Å²) in [5.74, 6) is -0.714. The first-order chi connectivity index (χ1) is 16.2. The Kier molecular flexibility index (Phi) is 8.37. The van der Waals surface area contributed by atoms with E-state index in [-0.39, 0.29) is 24.4 Å². The molecule has 0 fully saturated rings. The highest BCUT2D eigenvalue weighted by Gasteiger charge is 2.19. The number of nitrogens with one attached hydrogen (secondary N) is 2. The lowest BCUT2D eigenvalue weighted by atomic mass is 9.99. The van der Waals surface area contributed by atoms with E-state index >= 15 is 0 Å². The van der Waals surface area contributed by atoms with E-state index in [1.54, 1.807) is 6.92 Å². The molecule has 1 aromatic heterocycles. The molecule has 1 atom stereocenters. The second-order valence-corrected chi connectivity index (χ2v) is 9.50. The fraction of sp³-hybridized carbons (Fsp3) is 0.240. The second kappa shape index (κ2) is 11.4. The molecule has 1 amide bonds. The van der Waals surface area contributed by atoms with Gasteiger partial charge in [-0.3, -0.25) is 14.3 Å². The van der Waals surface area contributed by atoms with E-state index in [0.717, 1.165) is 22.9 Å². The molecule has 9 heteroatoms. The number of benzene rings is 2. The zero-order valence-electron chi connectivity index (χ0n) is 19.0. The van der Waals surface area contributed by atoms with Crippen molar-refractivity contribution < 1.29 is 22.7 Å². The number of hydrogen-bond donors (Lipinski definition) is 2. The minimum absolute atomic E-state index is 0.0150. The van der Waals surface area contributed by atoms with Crippen LogP contribution in [0.4, 0.5) is 5.82 Å². The van der Waals surface area contributed by atoms with Crippen LogP contribution in [0.25, 0.3) is 11.1 Å². The van der Waals surface area contributed by atoms with E-state index in [2.05, 4.69) is 15.0 Å². The van der Waals surface area contributed by atoms with Crippen LogP contribution < -0.4 is 10.0 Å². The molecule has 3 aromatic rings. The van der Waals surface area contributed by atoms with E-state index < -0.39 is 27.9 Å². The Morgan fingerprint density at radius 3 is 2.24 bits per heavy atom. The lowest BCUT2D eigenvalue weighted by Crippen LogP contribution is -2.38. The van der Waals surface area contributed by atoms with Gasteiger partial charge >= 0.3 is 5.97 Å². The van der Waals surface area contributed by atoms with E-state index in [0.29, 0.717) is 6.42 Å². The predicted octanol–water partition coefficient (Wildman–Crippen LogP) is 3.41. The Bertz CT molecular complexity index is 1210. The van der Waals surface area contributed by atoms with Crippen molar-refractivity contribution >= 4 is 27.7 Å². The van der Waals surface area contributed by atoms with Crippen LogP contribution in [0.15, 0.2) is 72.9 Å². The largest absolute Gasteiger partial charge is 0.466 e. The molecule has 8 nitrogen and oxygen atoms in total. The lowest BCUT2D eigenvalue weighted by Gasteiger charge is -2.18. The van der Waals surface area contributed by atoms with Crippen molar-refractivity contribution in [2.75, 3.05) is 17.6 Å². The first-order valence-electron chi connectivity index (χ1n) is 10.8.